The van der Waals surface area contributed by atoms with Gasteiger partial charge < -0.3 is 14.8 Å². The fraction of sp³-hybridized carbons (Fsp3) is 0.522. The first-order chi connectivity index (χ1) is 18.6. The van der Waals surface area contributed by atoms with Crippen molar-refractivity contribution in [3.8, 4) is 5.75 Å². The molecule has 0 radical (unpaired) electrons. The Bertz CT molecular complexity index is 1440. The van der Waals surface area contributed by atoms with Gasteiger partial charge in [-0.2, -0.15) is 31.4 Å². The fourth-order valence-corrected chi connectivity index (χ4v) is 5.78. The molecule has 0 aliphatic carbocycles. The van der Waals surface area contributed by atoms with Gasteiger partial charge in [-0.15, -0.1) is 0 Å². The number of nitrogens with one attached hydrogen (secondary N) is 2. The van der Waals surface area contributed by atoms with Crippen molar-refractivity contribution in [1.82, 2.24) is 15.1 Å². The van der Waals surface area contributed by atoms with Crippen LogP contribution in [0, 0.1) is 13.8 Å². The Morgan fingerprint density at radius 2 is 1.78 bits per heavy atom. The van der Waals surface area contributed by atoms with E-state index in [0.29, 0.717) is 18.5 Å². The Morgan fingerprint density at radius 3 is 2.34 bits per heavy atom. The number of fused-ring (bicyclic) bond motifs is 1. The van der Waals surface area contributed by atoms with Gasteiger partial charge in [-0.3, -0.25) is 19.1 Å². The quantitative estimate of drug-likeness (QED) is 0.450. The van der Waals surface area contributed by atoms with E-state index < -0.39 is 64.1 Å². The minimum Gasteiger partial charge on any atom is -0.484 e. The molecule has 2 amide bonds. The number of aryl methyl sites for hydroxylation is 1. The number of rotatable bonds is 7. The van der Waals surface area contributed by atoms with E-state index in [1.54, 1.807) is 0 Å². The van der Waals surface area contributed by atoms with Crippen molar-refractivity contribution in [1.29, 1.82) is 0 Å². The summed E-state index contributed by atoms with van der Waals surface area (Å²) in [6.45, 7) is 2.79. The van der Waals surface area contributed by atoms with Gasteiger partial charge in [-0.05, 0) is 45.9 Å². The highest BCUT2D eigenvalue weighted by atomic mass is 32.2. The predicted molar refractivity (Wildman–Crippen MR) is 132 cm³/mol. The second-order valence-electron chi connectivity index (χ2n) is 9.69. The minimum absolute atomic E-state index is 0.0531. The third kappa shape index (κ3) is 7.15. The average Bonchev–Trinajstić information content (AvgIpc) is 3.07. The maximum atomic E-state index is 13.9. The largest absolute Gasteiger partial charge is 0.484 e. The molecule has 3 rings (SSSR count). The van der Waals surface area contributed by atoms with Crippen LogP contribution >= 0.6 is 0 Å². The Balaban J connectivity index is 2.04. The second kappa shape index (κ2) is 10.9. The highest BCUT2D eigenvalue weighted by Crippen LogP contribution is 2.40. The van der Waals surface area contributed by atoms with E-state index in [0.717, 1.165) is 17.3 Å². The van der Waals surface area contributed by atoms with Crippen LogP contribution < -0.4 is 19.7 Å². The summed E-state index contributed by atoms with van der Waals surface area (Å²) in [5.41, 5.74) is -3.70. The minimum atomic E-state index is -4.88. The van der Waals surface area contributed by atoms with E-state index in [2.05, 4.69) is 20.5 Å². The predicted octanol–water partition coefficient (Wildman–Crippen LogP) is 4.04. The molecule has 0 spiro atoms. The summed E-state index contributed by atoms with van der Waals surface area (Å²) in [5, 5.41) is 8.33. The third-order valence-corrected chi connectivity index (χ3v) is 7.97. The summed E-state index contributed by atoms with van der Waals surface area (Å²) in [6.07, 6.45) is -12.0. The standard InChI is InChI=1S/C23H27F6N5O6S/c1-12-19(13(2)33(32-12)11-22(24,25)26)41(37,38)34-10-16(9-30-14(3)35)39-18-7-6-15(8-17(18)34)31-20(36)40-21(4,5)23(27,28)29/h6-8,16H,9-11H2,1-5H3,(H,30,35)(H,31,36)/t16-/m0/s1. The van der Waals surface area contributed by atoms with Crippen LogP contribution in [0.3, 0.4) is 0 Å². The molecule has 18 heteroatoms. The van der Waals surface area contributed by atoms with Crippen molar-refractivity contribution < 1.29 is 53.8 Å². The molecule has 2 N–H and O–H groups in total. The van der Waals surface area contributed by atoms with E-state index >= 15 is 0 Å². The molecule has 228 valence electrons. The molecule has 0 saturated carbocycles. The number of hydrogen-bond donors (Lipinski definition) is 2. The maximum absolute atomic E-state index is 13.9. The van der Waals surface area contributed by atoms with Crippen molar-refractivity contribution >= 4 is 33.4 Å². The third-order valence-electron chi connectivity index (χ3n) is 5.94. The van der Waals surface area contributed by atoms with E-state index in [1.807, 2.05) is 0 Å². The molecule has 11 nitrogen and oxygen atoms in total. The Kier molecular flexibility index (Phi) is 8.49. The molecular formula is C23H27F6N5O6S. The molecular weight excluding hydrogens is 588 g/mol. The molecule has 1 atom stereocenters. The number of anilines is 2. The van der Waals surface area contributed by atoms with Crippen molar-refractivity contribution in [3.63, 3.8) is 0 Å². The summed E-state index contributed by atoms with van der Waals surface area (Å²) in [6, 6.07) is 3.54. The van der Waals surface area contributed by atoms with E-state index in [-0.39, 0.29) is 35.1 Å². The summed E-state index contributed by atoms with van der Waals surface area (Å²) >= 11 is 0. The molecule has 41 heavy (non-hydrogen) atoms. The van der Waals surface area contributed by atoms with Gasteiger partial charge in [0.05, 0.1) is 30.2 Å². The molecule has 2 aromatic rings. The van der Waals surface area contributed by atoms with Crippen molar-refractivity contribution in [2.24, 2.45) is 0 Å². The normalized spacial score (nSPS) is 16.1. The summed E-state index contributed by atoms with van der Waals surface area (Å²) in [4.78, 5) is 23.1. The van der Waals surface area contributed by atoms with Crippen molar-refractivity contribution in [2.75, 3.05) is 22.7 Å². The lowest BCUT2D eigenvalue weighted by atomic mass is 10.1. The van der Waals surface area contributed by atoms with Gasteiger partial charge in [0.25, 0.3) is 10.0 Å². The van der Waals surface area contributed by atoms with Gasteiger partial charge in [-0.25, -0.2) is 13.2 Å². The van der Waals surface area contributed by atoms with Crippen LogP contribution in [0.5, 0.6) is 5.75 Å². The molecule has 2 heterocycles. The van der Waals surface area contributed by atoms with E-state index in [1.165, 1.54) is 26.0 Å². The SMILES string of the molecule is CC(=O)NC[C@H]1CN(S(=O)(=O)c2c(C)nn(CC(F)(F)F)c2C)c2cc(NC(=O)OC(C)(C)C(F)(F)F)ccc2O1. The number of ether oxygens (including phenoxy) is 2. The van der Waals surface area contributed by atoms with Crippen LogP contribution in [-0.4, -0.2) is 67.3 Å². The van der Waals surface area contributed by atoms with E-state index in [4.69, 9.17) is 4.74 Å². The van der Waals surface area contributed by atoms with Gasteiger partial charge in [0, 0.05) is 12.6 Å². The van der Waals surface area contributed by atoms with E-state index in [9.17, 15) is 44.3 Å². The first-order valence-electron chi connectivity index (χ1n) is 11.9. The van der Waals surface area contributed by atoms with Crippen LogP contribution in [0.25, 0.3) is 0 Å². The lowest BCUT2D eigenvalue weighted by molar-refractivity contribution is -0.242. The zero-order valence-corrected chi connectivity index (χ0v) is 23.2. The van der Waals surface area contributed by atoms with Gasteiger partial charge in [-0.1, -0.05) is 0 Å². The van der Waals surface area contributed by atoms with Crippen molar-refractivity contribution in [2.45, 2.75) is 70.1 Å². The second-order valence-corrected chi connectivity index (χ2v) is 11.5. The topological polar surface area (TPSA) is 132 Å². The number of aromatic nitrogens is 2. The van der Waals surface area contributed by atoms with Gasteiger partial charge in [0.15, 0.2) is 0 Å². The number of amides is 2. The lowest BCUT2D eigenvalue weighted by Gasteiger charge is -2.36. The molecule has 1 aromatic heterocycles. The van der Waals surface area contributed by atoms with Gasteiger partial charge in [0.1, 0.15) is 23.3 Å². The Labute approximate surface area is 230 Å². The maximum Gasteiger partial charge on any atom is 0.427 e. The van der Waals surface area contributed by atoms with Crippen LogP contribution in [0.1, 0.15) is 32.2 Å². The zero-order valence-electron chi connectivity index (χ0n) is 22.4. The highest BCUT2D eigenvalue weighted by Gasteiger charge is 2.51. The molecule has 1 aliphatic heterocycles. The monoisotopic (exact) mass is 615 g/mol. The number of sulfonamides is 1. The zero-order chi connectivity index (χ0) is 31.1. The summed E-state index contributed by atoms with van der Waals surface area (Å²) in [5.74, 6) is -0.489. The van der Waals surface area contributed by atoms with Crippen molar-refractivity contribution in [3.05, 3.63) is 29.6 Å². The Morgan fingerprint density at radius 1 is 1.15 bits per heavy atom. The first-order valence-corrected chi connectivity index (χ1v) is 13.3. The smallest absolute Gasteiger partial charge is 0.427 e. The van der Waals surface area contributed by atoms with Gasteiger partial charge in [0.2, 0.25) is 11.5 Å². The van der Waals surface area contributed by atoms with Gasteiger partial charge >= 0.3 is 18.4 Å². The average molecular weight is 616 g/mol. The number of carbonyl (C=O) groups is 2. The number of hydrogen-bond acceptors (Lipinski definition) is 7. The molecule has 0 fully saturated rings. The number of halogens is 6. The number of carbonyl (C=O) groups excluding carboxylic acids is 2. The molecule has 1 aromatic carbocycles. The van der Waals surface area contributed by atoms with Crippen LogP contribution in [0.4, 0.5) is 42.5 Å². The lowest BCUT2D eigenvalue weighted by Crippen LogP contribution is -2.48. The van der Waals surface area contributed by atoms with Crippen LogP contribution in [-0.2, 0) is 26.1 Å². The molecule has 0 saturated heterocycles. The number of alkyl halides is 6. The van der Waals surface area contributed by atoms with Crippen LogP contribution in [0.15, 0.2) is 23.1 Å². The summed E-state index contributed by atoms with van der Waals surface area (Å²) < 4.78 is 118. The summed E-state index contributed by atoms with van der Waals surface area (Å²) in [7, 11) is -4.64. The number of benzene rings is 1. The highest BCUT2D eigenvalue weighted by molar-refractivity contribution is 7.93. The molecule has 0 bridgehead atoms. The first kappa shape index (κ1) is 31.8. The molecule has 1 aliphatic rings. The Hall–Kier alpha value is -3.70. The fourth-order valence-electron chi connectivity index (χ4n) is 3.90. The van der Waals surface area contributed by atoms with Crippen LogP contribution in [0.2, 0.25) is 0 Å². The number of nitrogens with zero attached hydrogens (tertiary/aromatic N) is 3. The molecule has 0 unspecified atom stereocenters.